The SMILES string of the molecule is CC(C)C(=O)NC1CCCN(CC2CCCC2)C1. The standard InChI is InChI=1S/C15H28N2O/c1-12(2)15(18)16-14-8-5-9-17(11-14)10-13-6-3-4-7-13/h12-14H,3-11H2,1-2H3,(H,16,18). The van der Waals surface area contributed by atoms with Crippen LogP contribution in [0.25, 0.3) is 0 Å². The van der Waals surface area contributed by atoms with Gasteiger partial charge in [0, 0.05) is 25.0 Å². The van der Waals surface area contributed by atoms with Crippen LogP contribution in [-0.2, 0) is 4.79 Å². The van der Waals surface area contributed by atoms with Gasteiger partial charge in [-0.25, -0.2) is 0 Å². The maximum Gasteiger partial charge on any atom is 0.222 e. The zero-order valence-corrected chi connectivity index (χ0v) is 12.0. The average molecular weight is 252 g/mol. The van der Waals surface area contributed by atoms with E-state index in [0.717, 1.165) is 18.9 Å². The predicted molar refractivity (Wildman–Crippen MR) is 74.4 cm³/mol. The second kappa shape index (κ2) is 6.55. The topological polar surface area (TPSA) is 32.3 Å². The Kier molecular flexibility index (Phi) is 5.04. The number of piperidine rings is 1. The van der Waals surface area contributed by atoms with Gasteiger partial charge in [0.15, 0.2) is 0 Å². The number of carbonyl (C=O) groups is 1. The van der Waals surface area contributed by atoms with E-state index in [4.69, 9.17) is 0 Å². The summed E-state index contributed by atoms with van der Waals surface area (Å²) in [4.78, 5) is 14.3. The number of hydrogen-bond acceptors (Lipinski definition) is 2. The fourth-order valence-electron chi connectivity index (χ4n) is 3.27. The first-order chi connectivity index (χ1) is 8.65. The molecule has 2 aliphatic rings. The lowest BCUT2D eigenvalue weighted by atomic mass is 10.0. The summed E-state index contributed by atoms with van der Waals surface area (Å²) < 4.78 is 0. The molecule has 1 heterocycles. The molecule has 1 saturated heterocycles. The van der Waals surface area contributed by atoms with Crippen molar-refractivity contribution in [1.29, 1.82) is 0 Å². The second-order valence-electron chi connectivity index (χ2n) is 6.41. The largest absolute Gasteiger partial charge is 0.352 e. The number of carbonyl (C=O) groups excluding carboxylic acids is 1. The van der Waals surface area contributed by atoms with E-state index in [1.165, 1.54) is 45.2 Å². The van der Waals surface area contributed by atoms with Crippen molar-refractivity contribution < 1.29 is 4.79 Å². The third-order valence-electron chi connectivity index (χ3n) is 4.37. The van der Waals surface area contributed by atoms with Crippen molar-refractivity contribution >= 4 is 5.91 Å². The van der Waals surface area contributed by atoms with Gasteiger partial charge in [0.25, 0.3) is 0 Å². The minimum absolute atomic E-state index is 0.107. The van der Waals surface area contributed by atoms with E-state index < -0.39 is 0 Å². The Morgan fingerprint density at radius 3 is 2.61 bits per heavy atom. The number of nitrogens with zero attached hydrogens (tertiary/aromatic N) is 1. The molecule has 1 aliphatic heterocycles. The van der Waals surface area contributed by atoms with Gasteiger partial charge < -0.3 is 10.2 Å². The highest BCUT2D eigenvalue weighted by Gasteiger charge is 2.25. The smallest absolute Gasteiger partial charge is 0.222 e. The van der Waals surface area contributed by atoms with Crippen LogP contribution in [0.1, 0.15) is 52.4 Å². The lowest BCUT2D eigenvalue weighted by Crippen LogP contribution is -2.49. The number of rotatable bonds is 4. The van der Waals surface area contributed by atoms with Gasteiger partial charge >= 0.3 is 0 Å². The summed E-state index contributed by atoms with van der Waals surface area (Å²) in [6.45, 7) is 7.48. The van der Waals surface area contributed by atoms with Crippen molar-refractivity contribution in [2.45, 2.75) is 58.4 Å². The summed E-state index contributed by atoms with van der Waals surface area (Å²) in [5.41, 5.74) is 0. The zero-order valence-electron chi connectivity index (χ0n) is 12.0. The van der Waals surface area contributed by atoms with Crippen molar-refractivity contribution in [1.82, 2.24) is 10.2 Å². The van der Waals surface area contributed by atoms with Gasteiger partial charge in [0.2, 0.25) is 5.91 Å². The molecule has 1 amide bonds. The number of amides is 1. The number of hydrogen-bond donors (Lipinski definition) is 1. The quantitative estimate of drug-likeness (QED) is 0.833. The summed E-state index contributed by atoms with van der Waals surface area (Å²) in [5, 5.41) is 3.19. The molecular weight excluding hydrogens is 224 g/mol. The highest BCUT2D eigenvalue weighted by molar-refractivity contribution is 5.78. The molecule has 2 fully saturated rings. The summed E-state index contributed by atoms with van der Waals surface area (Å²) in [6.07, 6.45) is 8.06. The van der Waals surface area contributed by atoms with Crippen molar-refractivity contribution in [3.8, 4) is 0 Å². The van der Waals surface area contributed by atoms with Crippen LogP contribution in [0.2, 0.25) is 0 Å². The Morgan fingerprint density at radius 2 is 1.94 bits per heavy atom. The highest BCUT2D eigenvalue weighted by atomic mass is 16.1. The van der Waals surface area contributed by atoms with Crippen LogP contribution in [0.3, 0.4) is 0 Å². The molecule has 0 aromatic rings. The first kappa shape index (κ1) is 13.9. The molecule has 1 N–H and O–H groups in total. The van der Waals surface area contributed by atoms with Gasteiger partial charge in [0.1, 0.15) is 0 Å². The third-order valence-corrected chi connectivity index (χ3v) is 4.37. The summed E-state index contributed by atoms with van der Waals surface area (Å²) in [6, 6.07) is 0.384. The Morgan fingerprint density at radius 1 is 1.22 bits per heavy atom. The fraction of sp³-hybridized carbons (Fsp3) is 0.933. The van der Waals surface area contributed by atoms with Crippen molar-refractivity contribution in [2.75, 3.05) is 19.6 Å². The van der Waals surface area contributed by atoms with Gasteiger partial charge in [-0.2, -0.15) is 0 Å². The molecule has 1 unspecified atom stereocenters. The van der Waals surface area contributed by atoms with E-state index in [-0.39, 0.29) is 11.8 Å². The maximum absolute atomic E-state index is 11.7. The van der Waals surface area contributed by atoms with Gasteiger partial charge in [0.05, 0.1) is 0 Å². The van der Waals surface area contributed by atoms with E-state index in [2.05, 4.69) is 10.2 Å². The van der Waals surface area contributed by atoms with E-state index in [1.54, 1.807) is 0 Å². The molecule has 1 saturated carbocycles. The normalized spacial score (nSPS) is 26.7. The third kappa shape index (κ3) is 3.98. The van der Waals surface area contributed by atoms with E-state index in [9.17, 15) is 4.79 Å². The molecule has 18 heavy (non-hydrogen) atoms. The summed E-state index contributed by atoms with van der Waals surface area (Å²) in [7, 11) is 0. The van der Waals surface area contributed by atoms with E-state index in [0.29, 0.717) is 6.04 Å². The van der Waals surface area contributed by atoms with Crippen LogP contribution >= 0.6 is 0 Å². The number of likely N-dealkylation sites (tertiary alicyclic amines) is 1. The van der Waals surface area contributed by atoms with Crippen molar-refractivity contribution in [3.63, 3.8) is 0 Å². The minimum atomic E-state index is 0.107. The Balaban J connectivity index is 1.75. The lowest BCUT2D eigenvalue weighted by Gasteiger charge is -2.35. The highest BCUT2D eigenvalue weighted by Crippen LogP contribution is 2.26. The zero-order chi connectivity index (χ0) is 13.0. The molecule has 0 aromatic carbocycles. The molecule has 1 aliphatic carbocycles. The molecule has 1 atom stereocenters. The Hall–Kier alpha value is -0.570. The summed E-state index contributed by atoms with van der Waals surface area (Å²) >= 11 is 0. The molecule has 0 aromatic heterocycles. The Labute approximate surface area is 111 Å². The van der Waals surface area contributed by atoms with Crippen LogP contribution in [0.15, 0.2) is 0 Å². The molecule has 3 heteroatoms. The van der Waals surface area contributed by atoms with Gasteiger partial charge in [-0.3, -0.25) is 4.79 Å². The molecule has 104 valence electrons. The number of nitrogens with one attached hydrogen (secondary N) is 1. The lowest BCUT2D eigenvalue weighted by molar-refractivity contribution is -0.125. The molecule has 2 rings (SSSR count). The first-order valence-corrected chi connectivity index (χ1v) is 7.68. The van der Waals surface area contributed by atoms with E-state index in [1.807, 2.05) is 13.8 Å². The molecule has 0 bridgehead atoms. The molecule has 3 nitrogen and oxygen atoms in total. The predicted octanol–water partition coefficient (Wildman–Crippen LogP) is 2.41. The van der Waals surface area contributed by atoms with Crippen molar-refractivity contribution in [3.05, 3.63) is 0 Å². The van der Waals surface area contributed by atoms with Crippen molar-refractivity contribution in [2.24, 2.45) is 11.8 Å². The minimum Gasteiger partial charge on any atom is -0.352 e. The van der Waals surface area contributed by atoms with Crippen LogP contribution < -0.4 is 5.32 Å². The average Bonchev–Trinajstić information content (AvgIpc) is 2.82. The van der Waals surface area contributed by atoms with Gasteiger partial charge in [-0.1, -0.05) is 26.7 Å². The van der Waals surface area contributed by atoms with Crippen LogP contribution in [0.5, 0.6) is 0 Å². The van der Waals surface area contributed by atoms with Crippen LogP contribution in [0.4, 0.5) is 0 Å². The van der Waals surface area contributed by atoms with Gasteiger partial charge in [-0.15, -0.1) is 0 Å². The first-order valence-electron chi connectivity index (χ1n) is 7.68. The van der Waals surface area contributed by atoms with Crippen LogP contribution in [-0.4, -0.2) is 36.5 Å². The monoisotopic (exact) mass is 252 g/mol. The molecular formula is C15H28N2O. The van der Waals surface area contributed by atoms with Gasteiger partial charge in [-0.05, 0) is 38.1 Å². The molecule has 0 radical (unpaired) electrons. The fourth-order valence-corrected chi connectivity index (χ4v) is 3.27. The molecule has 0 spiro atoms. The van der Waals surface area contributed by atoms with Crippen LogP contribution in [0, 0.1) is 11.8 Å². The summed E-state index contributed by atoms with van der Waals surface area (Å²) in [5.74, 6) is 1.24. The maximum atomic E-state index is 11.7. The Bertz CT molecular complexity index is 272. The van der Waals surface area contributed by atoms with E-state index >= 15 is 0 Å². The second-order valence-corrected chi connectivity index (χ2v) is 6.41.